The molecule has 140 valence electrons. The van der Waals surface area contributed by atoms with Gasteiger partial charge in [-0.05, 0) is 24.3 Å². The number of likely N-dealkylation sites (N-methyl/N-ethyl adjacent to an activating group) is 1. The number of aromatic nitrogens is 2. The molecule has 0 spiro atoms. The molecule has 0 N–H and O–H groups in total. The Morgan fingerprint density at radius 1 is 1.22 bits per heavy atom. The van der Waals surface area contributed by atoms with E-state index in [1.807, 2.05) is 24.3 Å². The highest BCUT2D eigenvalue weighted by atomic mass is 32.2. The lowest BCUT2D eigenvalue weighted by molar-refractivity contribution is -0.128. The lowest BCUT2D eigenvalue weighted by Crippen LogP contribution is -2.42. The topological polar surface area (TPSA) is 90.8 Å². The van der Waals surface area contributed by atoms with E-state index in [0.29, 0.717) is 29.9 Å². The highest BCUT2D eigenvalue weighted by Gasteiger charge is 2.24. The van der Waals surface area contributed by atoms with Crippen LogP contribution in [0.15, 0.2) is 56.7 Å². The van der Waals surface area contributed by atoms with Gasteiger partial charge in [0.2, 0.25) is 5.91 Å². The summed E-state index contributed by atoms with van der Waals surface area (Å²) < 4.78 is 22.2. The first-order chi connectivity index (χ1) is 13.2. The van der Waals surface area contributed by atoms with E-state index in [9.17, 15) is 4.79 Å². The molecule has 1 aliphatic rings. The lowest BCUT2D eigenvalue weighted by Gasteiger charge is -2.29. The number of hydrogen-bond donors (Lipinski definition) is 0. The second-order valence-electron chi connectivity index (χ2n) is 5.91. The predicted molar refractivity (Wildman–Crippen MR) is 96.7 cm³/mol. The van der Waals surface area contributed by atoms with Crippen LogP contribution in [0.3, 0.4) is 0 Å². The van der Waals surface area contributed by atoms with Crippen molar-refractivity contribution in [1.29, 1.82) is 0 Å². The van der Waals surface area contributed by atoms with Crippen LogP contribution in [0.5, 0.6) is 11.5 Å². The van der Waals surface area contributed by atoms with E-state index in [1.54, 1.807) is 24.1 Å². The molecular formula is C18H17N3O5S. The maximum Gasteiger partial charge on any atom is 0.284 e. The normalized spacial score (nSPS) is 15.5. The number of para-hydroxylation sites is 2. The summed E-state index contributed by atoms with van der Waals surface area (Å²) in [7, 11) is 1.73. The van der Waals surface area contributed by atoms with Crippen LogP contribution in [-0.4, -0.2) is 53.1 Å². The fraction of sp³-hybridized carbons (Fsp3) is 0.278. The van der Waals surface area contributed by atoms with Crippen LogP contribution in [0.4, 0.5) is 0 Å². The van der Waals surface area contributed by atoms with Crippen LogP contribution in [0.25, 0.3) is 11.7 Å². The first-order valence-corrected chi connectivity index (χ1v) is 9.30. The Labute approximate surface area is 159 Å². The molecule has 0 aliphatic carbocycles. The van der Waals surface area contributed by atoms with Crippen molar-refractivity contribution in [3.8, 4) is 23.1 Å². The van der Waals surface area contributed by atoms with Gasteiger partial charge in [-0.1, -0.05) is 23.9 Å². The van der Waals surface area contributed by atoms with Gasteiger partial charge in [0.1, 0.15) is 6.61 Å². The van der Waals surface area contributed by atoms with Crippen molar-refractivity contribution in [2.75, 3.05) is 26.0 Å². The molecule has 1 atom stereocenters. The Bertz CT molecular complexity index is 911. The molecule has 9 heteroatoms. The Balaban J connectivity index is 1.27. The van der Waals surface area contributed by atoms with E-state index < -0.39 is 0 Å². The fourth-order valence-electron chi connectivity index (χ4n) is 2.56. The van der Waals surface area contributed by atoms with Gasteiger partial charge in [-0.3, -0.25) is 4.79 Å². The number of hydrogen-bond acceptors (Lipinski definition) is 8. The Morgan fingerprint density at radius 2 is 2.07 bits per heavy atom. The van der Waals surface area contributed by atoms with E-state index in [-0.39, 0.29) is 23.7 Å². The summed E-state index contributed by atoms with van der Waals surface area (Å²) >= 11 is 1.18. The van der Waals surface area contributed by atoms with E-state index >= 15 is 0 Å². The van der Waals surface area contributed by atoms with Crippen LogP contribution < -0.4 is 9.47 Å². The van der Waals surface area contributed by atoms with Crippen molar-refractivity contribution in [3.05, 3.63) is 42.7 Å². The van der Waals surface area contributed by atoms with Crippen LogP contribution in [0.1, 0.15) is 0 Å². The maximum absolute atomic E-state index is 12.4. The maximum atomic E-state index is 12.4. The zero-order chi connectivity index (χ0) is 18.6. The lowest BCUT2D eigenvalue weighted by atomic mass is 10.2. The molecule has 1 amide bonds. The molecule has 0 radical (unpaired) electrons. The summed E-state index contributed by atoms with van der Waals surface area (Å²) in [5.41, 5.74) is 0. The van der Waals surface area contributed by atoms with Gasteiger partial charge >= 0.3 is 0 Å². The molecule has 1 aliphatic heterocycles. The molecular weight excluding hydrogens is 370 g/mol. The van der Waals surface area contributed by atoms with Gasteiger partial charge in [-0.15, -0.1) is 10.2 Å². The van der Waals surface area contributed by atoms with Gasteiger partial charge in [0.05, 0.1) is 18.6 Å². The smallest absolute Gasteiger partial charge is 0.284 e. The Hall–Kier alpha value is -2.94. The van der Waals surface area contributed by atoms with Gasteiger partial charge in [0, 0.05) is 7.05 Å². The SMILES string of the molecule is CN(CC1COc2ccccc2O1)C(=O)CSc1nnc(-c2ccco2)o1. The number of fused-ring (bicyclic) bond motifs is 1. The van der Waals surface area contributed by atoms with E-state index in [4.69, 9.17) is 18.3 Å². The third-order valence-electron chi connectivity index (χ3n) is 3.93. The standard InChI is InChI=1S/C18H17N3O5S/c1-21(9-12-10-24-13-5-2-3-6-14(13)25-12)16(22)11-27-18-20-19-17(26-18)15-7-4-8-23-15/h2-8,12H,9-11H2,1H3. The third-order valence-corrected chi connectivity index (χ3v) is 4.73. The Kier molecular flexibility index (Phi) is 5.01. The van der Waals surface area contributed by atoms with Crippen LogP contribution in [0.2, 0.25) is 0 Å². The monoisotopic (exact) mass is 387 g/mol. The van der Waals surface area contributed by atoms with Crippen LogP contribution in [0, 0.1) is 0 Å². The van der Waals surface area contributed by atoms with Crippen molar-refractivity contribution in [3.63, 3.8) is 0 Å². The first kappa shape index (κ1) is 17.5. The van der Waals surface area contributed by atoms with Gasteiger partial charge in [0.15, 0.2) is 23.4 Å². The minimum Gasteiger partial charge on any atom is -0.486 e. The number of ether oxygens (including phenoxy) is 2. The second-order valence-corrected chi connectivity index (χ2v) is 6.84. The van der Waals surface area contributed by atoms with Gasteiger partial charge in [-0.25, -0.2) is 0 Å². The second kappa shape index (κ2) is 7.75. The summed E-state index contributed by atoms with van der Waals surface area (Å²) in [6, 6.07) is 11.0. The molecule has 1 unspecified atom stereocenters. The molecule has 4 rings (SSSR count). The summed E-state index contributed by atoms with van der Waals surface area (Å²) in [6.45, 7) is 0.827. The zero-order valence-corrected chi connectivity index (χ0v) is 15.3. The van der Waals surface area contributed by atoms with Crippen molar-refractivity contribution in [2.45, 2.75) is 11.3 Å². The fourth-order valence-corrected chi connectivity index (χ4v) is 3.27. The van der Waals surface area contributed by atoms with E-state index in [0.717, 1.165) is 5.75 Å². The average molecular weight is 387 g/mol. The number of thioether (sulfide) groups is 1. The number of benzene rings is 1. The number of amides is 1. The molecule has 0 saturated carbocycles. The molecule has 3 aromatic rings. The number of carbonyl (C=O) groups is 1. The summed E-state index contributed by atoms with van der Waals surface area (Å²) in [6.07, 6.45) is 1.31. The average Bonchev–Trinajstić information content (AvgIpc) is 3.37. The third kappa shape index (κ3) is 4.08. The number of rotatable bonds is 6. The van der Waals surface area contributed by atoms with Gasteiger partial charge in [0.25, 0.3) is 11.1 Å². The number of carbonyl (C=O) groups excluding carboxylic acids is 1. The molecule has 0 fully saturated rings. The van der Waals surface area contributed by atoms with Crippen LogP contribution >= 0.6 is 11.8 Å². The van der Waals surface area contributed by atoms with Gasteiger partial charge in [-0.2, -0.15) is 0 Å². The molecule has 1 aromatic carbocycles. The zero-order valence-electron chi connectivity index (χ0n) is 14.5. The molecule has 0 bridgehead atoms. The van der Waals surface area contributed by atoms with Crippen molar-refractivity contribution in [1.82, 2.24) is 15.1 Å². The van der Waals surface area contributed by atoms with Gasteiger partial charge < -0.3 is 23.2 Å². The van der Waals surface area contributed by atoms with Crippen molar-refractivity contribution >= 4 is 17.7 Å². The molecule has 27 heavy (non-hydrogen) atoms. The number of furan rings is 1. The highest BCUT2D eigenvalue weighted by molar-refractivity contribution is 7.99. The molecule has 2 aromatic heterocycles. The largest absolute Gasteiger partial charge is 0.486 e. The minimum absolute atomic E-state index is 0.0693. The van der Waals surface area contributed by atoms with E-state index in [1.165, 1.54) is 18.0 Å². The highest BCUT2D eigenvalue weighted by Crippen LogP contribution is 2.31. The summed E-state index contributed by atoms with van der Waals surface area (Å²) in [5.74, 6) is 2.31. The quantitative estimate of drug-likeness (QED) is 0.596. The minimum atomic E-state index is -0.215. The molecule has 8 nitrogen and oxygen atoms in total. The van der Waals surface area contributed by atoms with Crippen LogP contribution in [-0.2, 0) is 4.79 Å². The Morgan fingerprint density at radius 3 is 2.89 bits per heavy atom. The molecule has 0 saturated heterocycles. The summed E-state index contributed by atoms with van der Waals surface area (Å²) in [5, 5.41) is 8.13. The van der Waals surface area contributed by atoms with Crippen molar-refractivity contribution in [2.24, 2.45) is 0 Å². The predicted octanol–water partition coefficient (Wildman–Crippen LogP) is 2.72. The first-order valence-electron chi connectivity index (χ1n) is 8.31. The van der Waals surface area contributed by atoms with Crippen molar-refractivity contribution < 1.29 is 23.1 Å². The summed E-state index contributed by atoms with van der Waals surface area (Å²) in [4.78, 5) is 14.0. The van der Waals surface area contributed by atoms with E-state index in [2.05, 4.69) is 10.2 Å². The molecule has 3 heterocycles. The number of nitrogens with zero attached hydrogens (tertiary/aromatic N) is 3.